The lowest BCUT2D eigenvalue weighted by Crippen LogP contribution is -2.31. The molecule has 0 aliphatic carbocycles. The van der Waals surface area contributed by atoms with Gasteiger partial charge in [0, 0.05) is 10.9 Å². The SMILES string of the molecule is O=C1CC(Sc2ncn[nH]2)C(=O)N1c1ccc(Br)cc1. The van der Waals surface area contributed by atoms with E-state index >= 15 is 0 Å². The third-order valence-electron chi connectivity index (χ3n) is 2.84. The fourth-order valence-electron chi connectivity index (χ4n) is 1.94. The van der Waals surface area contributed by atoms with Gasteiger partial charge < -0.3 is 0 Å². The van der Waals surface area contributed by atoms with Crippen molar-refractivity contribution in [3.8, 4) is 0 Å². The number of thioether (sulfide) groups is 1. The summed E-state index contributed by atoms with van der Waals surface area (Å²) in [6.07, 6.45) is 1.54. The number of carbonyl (C=O) groups excluding carboxylic acids is 2. The fraction of sp³-hybridized carbons (Fsp3) is 0.167. The molecule has 1 atom stereocenters. The number of halogens is 1. The van der Waals surface area contributed by atoms with Crippen molar-refractivity contribution in [2.75, 3.05) is 4.90 Å². The zero-order chi connectivity index (χ0) is 14.1. The number of amides is 2. The molecule has 20 heavy (non-hydrogen) atoms. The van der Waals surface area contributed by atoms with E-state index in [0.717, 1.165) is 4.47 Å². The molecule has 2 aromatic rings. The molecule has 1 N–H and O–H groups in total. The second kappa shape index (κ2) is 5.37. The van der Waals surface area contributed by atoms with Gasteiger partial charge in [0.2, 0.25) is 11.8 Å². The third-order valence-corrected chi connectivity index (χ3v) is 4.44. The second-order valence-electron chi connectivity index (χ2n) is 4.15. The van der Waals surface area contributed by atoms with Crippen LogP contribution in [0.25, 0.3) is 0 Å². The maximum atomic E-state index is 12.3. The van der Waals surface area contributed by atoms with Gasteiger partial charge in [0.05, 0.1) is 5.69 Å². The Labute approximate surface area is 127 Å². The lowest BCUT2D eigenvalue weighted by Gasteiger charge is -2.14. The summed E-state index contributed by atoms with van der Waals surface area (Å²) in [6, 6.07) is 7.07. The monoisotopic (exact) mass is 352 g/mol. The van der Waals surface area contributed by atoms with E-state index in [9.17, 15) is 9.59 Å². The molecule has 3 rings (SSSR count). The zero-order valence-corrected chi connectivity index (χ0v) is 12.5. The van der Waals surface area contributed by atoms with Crippen LogP contribution in [0.2, 0.25) is 0 Å². The summed E-state index contributed by atoms with van der Waals surface area (Å²) >= 11 is 4.54. The highest BCUT2D eigenvalue weighted by molar-refractivity contribution is 9.10. The number of nitrogens with one attached hydrogen (secondary N) is 1. The Kier molecular flexibility index (Phi) is 3.58. The standard InChI is InChI=1S/C12H9BrN4O2S/c13-7-1-3-8(4-2-7)17-10(18)5-9(11(17)19)20-12-14-6-15-16-12/h1-4,6,9H,5H2,(H,14,15,16). The molecule has 1 unspecified atom stereocenters. The van der Waals surface area contributed by atoms with E-state index in [2.05, 4.69) is 31.1 Å². The van der Waals surface area contributed by atoms with Crippen LogP contribution in [0.1, 0.15) is 6.42 Å². The van der Waals surface area contributed by atoms with Crippen molar-refractivity contribution < 1.29 is 9.59 Å². The molecule has 1 aliphatic rings. The number of hydrogen-bond acceptors (Lipinski definition) is 5. The maximum absolute atomic E-state index is 12.3. The van der Waals surface area contributed by atoms with Gasteiger partial charge in [-0.3, -0.25) is 14.7 Å². The van der Waals surface area contributed by atoms with Crippen LogP contribution in [-0.2, 0) is 9.59 Å². The predicted molar refractivity (Wildman–Crippen MR) is 77.3 cm³/mol. The van der Waals surface area contributed by atoms with Gasteiger partial charge in [-0.2, -0.15) is 5.10 Å². The first-order valence-corrected chi connectivity index (χ1v) is 7.47. The average molecular weight is 353 g/mol. The molecule has 1 fully saturated rings. The smallest absolute Gasteiger partial charge is 0.247 e. The van der Waals surface area contributed by atoms with Crippen molar-refractivity contribution in [2.24, 2.45) is 0 Å². The maximum Gasteiger partial charge on any atom is 0.247 e. The molecule has 1 aromatic heterocycles. The summed E-state index contributed by atoms with van der Waals surface area (Å²) in [6.45, 7) is 0. The average Bonchev–Trinajstić information content (AvgIpc) is 3.02. The zero-order valence-electron chi connectivity index (χ0n) is 10.1. The van der Waals surface area contributed by atoms with Crippen LogP contribution in [0.15, 0.2) is 40.2 Å². The van der Waals surface area contributed by atoms with E-state index < -0.39 is 5.25 Å². The Bertz CT molecular complexity index is 644. The molecule has 8 heteroatoms. The Morgan fingerprint density at radius 3 is 2.70 bits per heavy atom. The first-order chi connectivity index (χ1) is 9.65. The molecule has 6 nitrogen and oxygen atoms in total. The summed E-state index contributed by atoms with van der Waals surface area (Å²) in [5.41, 5.74) is 0.587. The molecule has 0 bridgehead atoms. The second-order valence-corrected chi connectivity index (χ2v) is 6.25. The summed E-state index contributed by atoms with van der Waals surface area (Å²) < 4.78 is 0.896. The van der Waals surface area contributed by atoms with Crippen molar-refractivity contribution in [3.63, 3.8) is 0 Å². The van der Waals surface area contributed by atoms with Gasteiger partial charge in [0.25, 0.3) is 0 Å². The van der Waals surface area contributed by atoms with Crippen LogP contribution in [0.3, 0.4) is 0 Å². The third kappa shape index (κ3) is 2.48. The Morgan fingerprint density at radius 2 is 2.05 bits per heavy atom. The first-order valence-electron chi connectivity index (χ1n) is 5.79. The first kappa shape index (κ1) is 13.3. The number of H-pyrrole nitrogens is 1. The van der Waals surface area contributed by atoms with Gasteiger partial charge in [0.15, 0.2) is 5.16 Å². The fourth-order valence-corrected chi connectivity index (χ4v) is 3.12. The molecule has 1 aromatic carbocycles. The summed E-state index contributed by atoms with van der Waals surface area (Å²) in [4.78, 5) is 29.6. The molecule has 0 radical (unpaired) electrons. The van der Waals surface area contributed by atoms with Crippen LogP contribution in [0.4, 0.5) is 5.69 Å². The van der Waals surface area contributed by atoms with E-state index in [1.807, 2.05) is 0 Å². The molecule has 2 heterocycles. The topological polar surface area (TPSA) is 79.0 Å². The largest absolute Gasteiger partial charge is 0.274 e. The Balaban J connectivity index is 1.81. The normalized spacial score (nSPS) is 18.9. The number of benzene rings is 1. The van der Waals surface area contributed by atoms with Crippen LogP contribution < -0.4 is 4.90 Å². The van der Waals surface area contributed by atoms with Crippen molar-refractivity contribution in [1.29, 1.82) is 0 Å². The van der Waals surface area contributed by atoms with Crippen LogP contribution >= 0.6 is 27.7 Å². The quantitative estimate of drug-likeness (QED) is 0.854. The highest BCUT2D eigenvalue weighted by Crippen LogP contribution is 2.32. The number of aromatic nitrogens is 3. The van der Waals surface area contributed by atoms with Gasteiger partial charge >= 0.3 is 0 Å². The lowest BCUT2D eigenvalue weighted by molar-refractivity contribution is -0.121. The Morgan fingerprint density at radius 1 is 1.30 bits per heavy atom. The van der Waals surface area contributed by atoms with Gasteiger partial charge in [-0.1, -0.05) is 27.7 Å². The number of imide groups is 1. The van der Waals surface area contributed by atoms with E-state index in [4.69, 9.17) is 0 Å². The highest BCUT2D eigenvalue weighted by atomic mass is 79.9. The minimum atomic E-state index is -0.459. The van der Waals surface area contributed by atoms with E-state index in [1.165, 1.54) is 23.0 Å². The van der Waals surface area contributed by atoms with Crippen LogP contribution in [0, 0.1) is 0 Å². The number of aromatic amines is 1. The summed E-state index contributed by atoms with van der Waals surface area (Å²) in [5, 5.41) is 6.48. The molecule has 0 saturated carbocycles. The minimum absolute atomic E-state index is 0.167. The molecule has 2 amide bonds. The van der Waals surface area contributed by atoms with Crippen molar-refractivity contribution >= 4 is 45.2 Å². The molecule has 1 saturated heterocycles. The van der Waals surface area contributed by atoms with Crippen molar-refractivity contribution in [2.45, 2.75) is 16.8 Å². The van der Waals surface area contributed by atoms with Crippen LogP contribution in [-0.4, -0.2) is 32.2 Å². The Hall–Kier alpha value is -1.67. The van der Waals surface area contributed by atoms with Gasteiger partial charge in [-0.05, 0) is 24.3 Å². The molecule has 1 aliphatic heterocycles. The van der Waals surface area contributed by atoms with E-state index in [1.54, 1.807) is 24.3 Å². The lowest BCUT2D eigenvalue weighted by atomic mass is 10.3. The van der Waals surface area contributed by atoms with Gasteiger partial charge in [0.1, 0.15) is 11.6 Å². The number of anilines is 1. The van der Waals surface area contributed by atoms with Gasteiger partial charge in [-0.25, -0.2) is 9.88 Å². The van der Waals surface area contributed by atoms with Gasteiger partial charge in [-0.15, -0.1) is 0 Å². The predicted octanol–water partition coefficient (Wildman–Crippen LogP) is 1.99. The number of rotatable bonds is 3. The van der Waals surface area contributed by atoms with E-state index in [0.29, 0.717) is 10.8 Å². The number of hydrogen-bond donors (Lipinski definition) is 1. The van der Waals surface area contributed by atoms with E-state index in [-0.39, 0.29) is 18.2 Å². The van der Waals surface area contributed by atoms with Crippen molar-refractivity contribution in [1.82, 2.24) is 15.2 Å². The molecule has 102 valence electrons. The van der Waals surface area contributed by atoms with Crippen LogP contribution in [0.5, 0.6) is 0 Å². The highest BCUT2D eigenvalue weighted by Gasteiger charge is 2.40. The molecule has 0 spiro atoms. The number of nitrogens with zero attached hydrogens (tertiary/aromatic N) is 3. The number of carbonyl (C=O) groups is 2. The summed E-state index contributed by atoms with van der Waals surface area (Å²) in [7, 11) is 0. The molecular formula is C12H9BrN4O2S. The summed E-state index contributed by atoms with van der Waals surface area (Å²) in [5.74, 6) is -0.423. The van der Waals surface area contributed by atoms with Crippen molar-refractivity contribution in [3.05, 3.63) is 35.1 Å². The molecular weight excluding hydrogens is 344 g/mol. The minimum Gasteiger partial charge on any atom is -0.274 e.